The Kier molecular flexibility index (Phi) is 6.44. The van der Waals surface area contributed by atoms with E-state index in [0.29, 0.717) is 24.2 Å². The molecule has 0 N–H and O–H groups in total. The second kappa shape index (κ2) is 9.59. The lowest BCUT2D eigenvalue weighted by Crippen LogP contribution is -2.49. The van der Waals surface area contributed by atoms with Crippen LogP contribution in [0.3, 0.4) is 0 Å². The Bertz CT molecular complexity index is 1120. The van der Waals surface area contributed by atoms with Crippen molar-refractivity contribution in [1.82, 2.24) is 4.90 Å². The van der Waals surface area contributed by atoms with Gasteiger partial charge in [0.05, 0.1) is 23.9 Å². The van der Waals surface area contributed by atoms with Crippen LogP contribution in [0.5, 0.6) is 5.75 Å². The molecule has 5 nitrogen and oxygen atoms in total. The van der Waals surface area contributed by atoms with Gasteiger partial charge in [-0.05, 0) is 36.4 Å². The molecule has 6 heteroatoms. The molecule has 0 aromatic heterocycles. The number of carbonyl (C=O) groups excluding carboxylic acids is 1. The number of carbonyl (C=O) groups is 1. The third-order valence-corrected chi connectivity index (χ3v) is 6.49. The summed E-state index contributed by atoms with van der Waals surface area (Å²) in [7, 11) is 1.68. The average molecular weight is 430 g/mol. The molecule has 1 fully saturated rings. The van der Waals surface area contributed by atoms with Crippen LogP contribution in [0.25, 0.3) is 0 Å². The predicted octanol–water partition coefficient (Wildman–Crippen LogP) is 4.68. The van der Waals surface area contributed by atoms with Crippen LogP contribution in [0.1, 0.15) is 15.9 Å². The van der Waals surface area contributed by atoms with E-state index in [-0.39, 0.29) is 5.91 Å². The molecule has 0 atom stereocenters. The van der Waals surface area contributed by atoms with Gasteiger partial charge in [-0.3, -0.25) is 4.79 Å². The summed E-state index contributed by atoms with van der Waals surface area (Å²) in [6.07, 6.45) is 0. The summed E-state index contributed by atoms with van der Waals surface area (Å²) in [4.78, 5) is 19.2. The molecule has 1 aliphatic heterocycles. The average Bonchev–Trinajstić information content (AvgIpc) is 2.84. The molecule has 1 heterocycles. The first-order valence-corrected chi connectivity index (χ1v) is 11.0. The van der Waals surface area contributed by atoms with Crippen LogP contribution < -0.4 is 9.64 Å². The second-order valence-electron chi connectivity index (χ2n) is 7.16. The number of rotatable bonds is 5. The molecule has 1 aliphatic rings. The minimum atomic E-state index is 0.0252. The van der Waals surface area contributed by atoms with E-state index in [2.05, 4.69) is 17.0 Å². The van der Waals surface area contributed by atoms with Gasteiger partial charge in [-0.15, -0.1) is 0 Å². The Labute approximate surface area is 186 Å². The van der Waals surface area contributed by atoms with Gasteiger partial charge >= 0.3 is 0 Å². The van der Waals surface area contributed by atoms with Crippen molar-refractivity contribution in [3.63, 3.8) is 0 Å². The van der Waals surface area contributed by atoms with Crippen molar-refractivity contribution in [3.05, 3.63) is 83.9 Å². The molecule has 1 amide bonds. The van der Waals surface area contributed by atoms with Crippen molar-refractivity contribution < 1.29 is 9.53 Å². The van der Waals surface area contributed by atoms with Crippen LogP contribution in [-0.4, -0.2) is 44.1 Å². The lowest BCUT2D eigenvalue weighted by atomic mass is 10.1. The highest BCUT2D eigenvalue weighted by Crippen LogP contribution is 2.34. The number of para-hydroxylation sites is 2. The SMILES string of the molecule is COc1ccccc1N1CCN(C(=O)c2ccccc2Sc2ccccc2C#N)CC1. The highest BCUT2D eigenvalue weighted by Gasteiger charge is 2.25. The van der Waals surface area contributed by atoms with Crippen molar-refractivity contribution in [3.8, 4) is 11.8 Å². The fourth-order valence-electron chi connectivity index (χ4n) is 3.71. The lowest BCUT2D eigenvalue weighted by molar-refractivity contribution is 0.0743. The smallest absolute Gasteiger partial charge is 0.255 e. The zero-order valence-corrected chi connectivity index (χ0v) is 18.1. The molecule has 4 rings (SSSR count). The van der Waals surface area contributed by atoms with E-state index in [4.69, 9.17) is 4.74 Å². The van der Waals surface area contributed by atoms with E-state index in [1.54, 1.807) is 13.2 Å². The maximum absolute atomic E-state index is 13.3. The first kappa shape index (κ1) is 20.8. The van der Waals surface area contributed by atoms with Gasteiger partial charge in [-0.2, -0.15) is 5.26 Å². The maximum atomic E-state index is 13.3. The minimum Gasteiger partial charge on any atom is -0.495 e. The largest absolute Gasteiger partial charge is 0.495 e. The van der Waals surface area contributed by atoms with Gasteiger partial charge in [-0.25, -0.2) is 0 Å². The monoisotopic (exact) mass is 429 g/mol. The molecule has 1 saturated heterocycles. The number of hydrogen-bond donors (Lipinski definition) is 0. The maximum Gasteiger partial charge on any atom is 0.255 e. The summed E-state index contributed by atoms with van der Waals surface area (Å²) < 4.78 is 5.49. The fraction of sp³-hybridized carbons (Fsp3) is 0.200. The topological polar surface area (TPSA) is 56.6 Å². The highest BCUT2D eigenvalue weighted by atomic mass is 32.2. The number of hydrogen-bond acceptors (Lipinski definition) is 5. The van der Waals surface area contributed by atoms with Gasteiger partial charge in [0.1, 0.15) is 11.8 Å². The number of nitriles is 1. The minimum absolute atomic E-state index is 0.0252. The van der Waals surface area contributed by atoms with Crippen molar-refractivity contribution in [1.29, 1.82) is 5.26 Å². The van der Waals surface area contributed by atoms with Crippen LogP contribution in [0, 0.1) is 11.3 Å². The van der Waals surface area contributed by atoms with Gasteiger partial charge in [0.15, 0.2) is 0 Å². The highest BCUT2D eigenvalue weighted by molar-refractivity contribution is 7.99. The zero-order valence-electron chi connectivity index (χ0n) is 17.3. The molecular formula is C25H23N3O2S. The molecule has 0 bridgehead atoms. The molecule has 0 saturated carbocycles. The molecule has 0 spiro atoms. The number of ether oxygens (including phenoxy) is 1. The summed E-state index contributed by atoms with van der Waals surface area (Å²) in [6, 6.07) is 25.3. The Morgan fingerprint density at radius 2 is 1.55 bits per heavy atom. The van der Waals surface area contributed by atoms with E-state index >= 15 is 0 Å². The van der Waals surface area contributed by atoms with Gasteiger partial charge in [-0.1, -0.05) is 48.2 Å². The van der Waals surface area contributed by atoms with E-state index in [9.17, 15) is 10.1 Å². The lowest BCUT2D eigenvalue weighted by Gasteiger charge is -2.36. The molecule has 31 heavy (non-hydrogen) atoms. The molecule has 0 radical (unpaired) electrons. The first-order chi connectivity index (χ1) is 15.2. The van der Waals surface area contributed by atoms with Crippen LogP contribution in [0.2, 0.25) is 0 Å². The van der Waals surface area contributed by atoms with Crippen LogP contribution >= 0.6 is 11.8 Å². The number of anilines is 1. The van der Waals surface area contributed by atoms with E-state index in [1.807, 2.05) is 65.6 Å². The summed E-state index contributed by atoms with van der Waals surface area (Å²) in [5, 5.41) is 9.38. The molecule has 0 aliphatic carbocycles. The van der Waals surface area contributed by atoms with Gasteiger partial charge < -0.3 is 14.5 Å². The Morgan fingerprint density at radius 1 is 0.903 bits per heavy atom. The molecular weight excluding hydrogens is 406 g/mol. The number of nitrogens with zero attached hydrogens (tertiary/aromatic N) is 3. The number of piperazine rings is 1. The molecule has 156 valence electrons. The van der Waals surface area contributed by atoms with Crippen molar-refractivity contribution in [2.24, 2.45) is 0 Å². The van der Waals surface area contributed by atoms with Crippen molar-refractivity contribution in [2.45, 2.75) is 9.79 Å². The molecule has 3 aromatic carbocycles. The third-order valence-electron chi connectivity index (χ3n) is 5.34. The van der Waals surface area contributed by atoms with E-state index in [1.165, 1.54) is 11.8 Å². The zero-order chi connectivity index (χ0) is 21.6. The third kappa shape index (κ3) is 4.52. The summed E-state index contributed by atoms with van der Waals surface area (Å²) in [6.45, 7) is 2.78. The van der Waals surface area contributed by atoms with E-state index < -0.39 is 0 Å². The molecule has 3 aromatic rings. The van der Waals surface area contributed by atoms with Gasteiger partial charge in [0.25, 0.3) is 5.91 Å². The second-order valence-corrected chi connectivity index (χ2v) is 8.24. The van der Waals surface area contributed by atoms with Crippen LogP contribution in [0.15, 0.2) is 82.6 Å². The van der Waals surface area contributed by atoms with Gasteiger partial charge in [0, 0.05) is 36.0 Å². The predicted molar refractivity (Wildman–Crippen MR) is 123 cm³/mol. The number of methoxy groups -OCH3 is 1. The fourth-order valence-corrected chi connectivity index (χ4v) is 4.73. The number of benzene rings is 3. The normalized spacial score (nSPS) is 13.5. The van der Waals surface area contributed by atoms with Crippen LogP contribution in [-0.2, 0) is 0 Å². The summed E-state index contributed by atoms with van der Waals surface area (Å²) in [5.41, 5.74) is 2.34. The van der Waals surface area contributed by atoms with Gasteiger partial charge in [0.2, 0.25) is 0 Å². The number of amides is 1. The summed E-state index contributed by atoms with van der Waals surface area (Å²) in [5.74, 6) is 0.873. The standard InChI is InChI=1S/C25H23N3O2S/c1-30-22-11-5-4-10-21(22)27-14-16-28(17-15-27)25(29)20-9-3-7-13-24(20)31-23-12-6-2-8-19(23)18-26/h2-13H,14-17H2,1H3. The summed E-state index contributed by atoms with van der Waals surface area (Å²) >= 11 is 1.46. The van der Waals surface area contributed by atoms with E-state index in [0.717, 1.165) is 34.3 Å². The quantitative estimate of drug-likeness (QED) is 0.589. The van der Waals surface area contributed by atoms with Crippen LogP contribution in [0.4, 0.5) is 5.69 Å². The Morgan fingerprint density at radius 3 is 2.29 bits per heavy atom. The first-order valence-electron chi connectivity index (χ1n) is 10.1. The Hall–Kier alpha value is -3.43. The van der Waals surface area contributed by atoms with Crippen molar-refractivity contribution in [2.75, 3.05) is 38.2 Å². The Balaban J connectivity index is 1.49. The van der Waals surface area contributed by atoms with Crippen molar-refractivity contribution >= 4 is 23.4 Å². The molecule has 0 unspecified atom stereocenters.